The van der Waals surface area contributed by atoms with Gasteiger partial charge in [0.2, 0.25) is 0 Å². The third kappa shape index (κ3) is 7.48. The third-order valence-corrected chi connectivity index (χ3v) is 3.40. The highest BCUT2D eigenvalue weighted by molar-refractivity contribution is 6.02. The van der Waals surface area contributed by atoms with Crippen LogP contribution in [0.4, 0.5) is 0 Å². The van der Waals surface area contributed by atoms with Crippen LogP contribution in [-0.2, 0) is 4.74 Å². The van der Waals surface area contributed by atoms with Crippen molar-refractivity contribution in [3.8, 4) is 0 Å². The van der Waals surface area contributed by atoms with Gasteiger partial charge in [-0.2, -0.15) is 0 Å². The minimum absolute atomic E-state index is 0.686. The van der Waals surface area contributed by atoms with E-state index in [1.807, 2.05) is 0 Å². The van der Waals surface area contributed by atoms with Crippen molar-refractivity contribution in [3.05, 3.63) is 11.6 Å². The second-order valence-electron chi connectivity index (χ2n) is 5.17. The Hall–Kier alpha value is -0.670. The van der Waals surface area contributed by atoms with Crippen molar-refractivity contribution < 1.29 is 4.74 Å². The maximum Gasteiger partial charge on any atom is 0.0891 e. The predicted molar refractivity (Wildman–Crippen MR) is 82.9 cm³/mol. The minimum atomic E-state index is 0.686. The number of nitrogens with zero attached hydrogens (tertiary/aromatic N) is 1. The number of hydrogen-bond acceptors (Lipinski definition) is 3. The molecule has 0 amide bonds. The van der Waals surface area contributed by atoms with Crippen molar-refractivity contribution >= 4 is 5.71 Å². The largest absolute Gasteiger partial charge is 0.375 e. The summed E-state index contributed by atoms with van der Waals surface area (Å²) in [5, 5.41) is 3.30. The highest BCUT2D eigenvalue weighted by Crippen LogP contribution is 2.08. The molecule has 3 heteroatoms. The van der Waals surface area contributed by atoms with E-state index in [4.69, 9.17) is 4.74 Å². The van der Waals surface area contributed by atoms with Crippen LogP contribution in [0.25, 0.3) is 0 Å². The fourth-order valence-corrected chi connectivity index (χ4v) is 2.15. The van der Waals surface area contributed by atoms with E-state index in [1.54, 1.807) is 0 Å². The van der Waals surface area contributed by atoms with E-state index >= 15 is 0 Å². The molecule has 1 rings (SSSR count). The summed E-state index contributed by atoms with van der Waals surface area (Å²) in [5.74, 6) is 0. The monoisotopic (exact) mass is 266 g/mol. The van der Waals surface area contributed by atoms with Gasteiger partial charge in [-0.25, -0.2) is 0 Å². The maximum absolute atomic E-state index is 5.76. The van der Waals surface area contributed by atoms with E-state index in [0.29, 0.717) is 6.61 Å². The molecule has 1 heterocycles. The molecule has 1 N–H and O–H groups in total. The van der Waals surface area contributed by atoms with E-state index < -0.39 is 0 Å². The zero-order valence-electron chi connectivity index (χ0n) is 12.7. The Morgan fingerprint density at radius 2 is 2.00 bits per heavy atom. The molecular formula is C16H30N2O. The third-order valence-electron chi connectivity index (χ3n) is 3.40. The number of unbranched alkanes of at least 4 members (excludes halogenated alkanes) is 5. The second kappa shape index (κ2) is 11.2. The van der Waals surface area contributed by atoms with Gasteiger partial charge in [0.15, 0.2) is 0 Å². The lowest BCUT2D eigenvalue weighted by atomic mass is 10.1. The van der Waals surface area contributed by atoms with Crippen molar-refractivity contribution in [2.45, 2.75) is 58.8 Å². The van der Waals surface area contributed by atoms with Gasteiger partial charge in [-0.1, -0.05) is 52.0 Å². The fourth-order valence-electron chi connectivity index (χ4n) is 2.15. The summed E-state index contributed by atoms with van der Waals surface area (Å²) >= 11 is 0. The maximum atomic E-state index is 5.76. The topological polar surface area (TPSA) is 33.6 Å². The van der Waals surface area contributed by atoms with Crippen LogP contribution in [0.2, 0.25) is 0 Å². The first-order valence-corrected chi connectivity index (χ1v) is 7.89. The van der Waals surface area contributed by atoms with Gasteiger partial charge in [-0.3, -0.25) is 10.3 Å². The van der Waals surface area contributed by atoms with Crippen LogP contribution in [-0.4, -0.2) is 32.1 Å². The zero-order chi connectivity index (χ0) is 13.8. The fraction of sp³-hybridized carbons (Fsp3) is 0.812. The molecule has 1 aliphatic rings. The van der Waals surface area contributed by atoms with Gasteiger partial charge < -0.3 is 4.74 Å². The molecule has 0 aromatic rings. The summed E-state index contributed by atoms with van der Waals surface area (Å²) in [6.07, 6.45) is 11.0. The molecule has 0 radical (unpaired) electrons. The Balaban J connectivity index is 2.24. The van der Waals surface area contributed by atoms with Crippen LogP contribution in [0.1, 0.15) is 58.8 Å². The van der Waals surface area contributed by atoms with Crippen LogP contribution < -0.4 is 5.32 Å². The van der Waals surface area contributed by atoms with Gasteiger partial charge >= 0.3 is 0 Å². The molecule has 3 nitrogen and oxygen atoms in total. The number of rotatable bonds is 10. The first-order chi connectivity index (χ1) is 9.38. The van der Waals surface area contributed by atoms with Crippen molar-refractivity contribution in [2.75, 3.05) is 26.4 Å². The van der Waals surface area contributed by atoms with E-state index in [9.17, 15) is 0 Å². The molecule has 0 fully saturated rings. The van der Waals surface area contributed by atoms with Gasteiger partial charge in [-0.15, -0.1) is 0 Å². The smallest absolute Gasteiger partial charge is 0.0891 e. The van der Waals surface area contributed by atoms with Crippen LogP contribution in [0.3, 0.4) is 0 Å². The number of nitrogens with one attached hydrogen (secondary N) is 1. The molecule has 0 spiro atoms. The Morgan fingerprint density at radius 3 is 2.79 bits per heavy atom. The highest BCUT2D eigenvalue weighted by Gasteiger charge is 2.10. The Kier molecular flexibility index (Phi) is 9.64. The highest BCUT2D eigenvalue weighted by atomic mass is 16.5. The Morgan fingerprint density at radius 1 is 1.16 bits per heavy atom. The molecular weight excluding hydrogens is 236 g/mol. The predicted octanol–water partition coefficient (Wildman–Crippen LogP) is 3.70. The molecule has 1 aliphatic heterocycles. The zero-order valence-corrected chi connectivity index (χ0v) is 12.7. The molecule has 19 heavy (non-hydrogen) atoms. The molecule has 0 atom stereocenters. The minimum Gasteiger partial charge on any atom is -0.375 e. The average molecular weight is 266 g/mol. The first-order valence-electron chi connectivity index (χ1n) is 7.89. The molecule has 0 unspecified atom stereocenters. The lowest BCUT2D eigenvalue weighted by Crippen LogP contribution is -2.30. The molecule has 0 saturated heterocycles. The van der Waals surface area contributed by atoms with E-state index in [2.05, 4.69) is 30.2 Å². The van der Waals surface area contributed by atoms with Crippen molar-refractivity contribution in [1.82, 2.24) is 5.32 Å². The van der Waals surface area contributed by atoms with Crippen molar-refractivity contribution in [2.24, 2.45) is 4.99 Å². The summed E-state index contributed by atoms with van der Waals surface area (Å²) in [4.78, 5) is 4.54. The quantitative estimate of drug-likeness (QED) is 0.612. The molecule has 0 aromatic carbocycles. The van der Waals surface area contributed by atoms with Crippen molar-refractivity contribution in [3.63, 3.8) is 0 Å². The van der Waals surface area contributed by atoms with Crippen LogP contribution in [0.15, 0.2) is 16.6 Å². The van der Waals surface area contributed by atoms with Gasteiger partial charge in [0.05, 0.1) is 19.0 Å². The van der Waals surface area contributed by atoms with E-state index in [-0.39, 0.29) is 0 Å². The summed E-state index contributed by atoms with van der Waals surface area (Å²) in [5.41, 5.74) is 2.50. The SMILES string of the molecule is CCCC/C=C1\CNCN=C1COCCCCCC. The summed E-state index contributed by atoms with van der Waals surface area (Å²) in [6.45, 7) is 7.70. The van der Waals surface area contributed by atoms with Gasteiger partial charge in [0.25, 0.3) is 0 Å². The van der Waals surface area contributed by atoms with E-state index in [0.717, 1.165) is 32.0 Å². The normalized spacial score (nSPS) is 17.8. The molecule has 0 aromatic heterocycles. The van der Waals surface area contributed by atoms with E-state index in [1.165, 1.54) is 44.1 Å². The van der Waals surface area contributed by atoms with Crippen LogP contribution >= 0.6 is 0 Å². The lowest BCUT2D eigenvalue weighted by molar-refractivity contribution is 0.166. The lowest BCUT2D eigenvalue weighted by Gasteiger charge is -2.17. The molecule has 0 saturated carbocycles. The second-order valence-corrected chi connectivity index (χ2v) is 5.17. The number of ether oxygens (including phenoxy) is 1. The Bertz CT molecular complexity index is 284. The average Bonchev–Trinajstić information content (AvgIpc) is 2.44. The van der Waals surface area contributed by atoms with Gasteiger partial charge in [0.1, 0.15) is 0 Å². The molecule has 110 valence electrons. The summed E-state index contributed by atoms with van der Waals surface area (Å²) in [7, 11) is 0. The number of hydrogen-bond donors (Lipinski definition) is 1. The van der Waals surface area contributed by atoms with Crippen molar-refractivity contribution in [1.29, 1.82) is 0 Å². The van der Waals surface area contributed by atoms with Crippen LogP contribution in [0, 0.1) is 0 Å². The Labute approximate surface area is 118 Å². The number of allylic oxidation sites excluding steroid dienone is 1. The summed E-state index contributed by atoms with van der Waals surface area (Å²) < 4.78 is 5.76. The molecule has 0 aliphatic carbocycles. The first kappa shape index (κ1) is 16.4. The number of aliphatic imine (C=N–C) groups is 1. The summed E-state index contributed by atoms with van der Waals surface area (Å²) in [6, 6.07) is 0. The molecule has 0 bridgehead atoms. The standard InChI is InChI=1S/C16H30N2O/c1-3-5-7-9-11-19-13-16-15(10-8-6-4-2)12-17-14-18-16/h10,17H,3-9,11-14H2,1-2H3/b15-10+. The van der Waals surface area contributed by atoms with Gasteiger partial charge in [0, 0.05) is 13.2 Å². The van der Waals surface area contributed by atoms with Crippen LogP contribution in [0.5, 0.6) is 0 Å². The van der Waals surface area contributed by atoms with Gasteiger partial charge in [-0.05, 0) is 18.4 Å².